The van der Waals surface area contributed by atoms with Gasteiger partial charge >= 0.3 is 0 Å². The predicted octanol–water partition coefficient (Wildman–Crippen LogP) is 1.90. The zero-order chi connectivity index (χ0) is 12.3. The Kier molecular flexibility index (Phi) is 3.91. The Morgan fingerprint density at radius 3 is 2.59 bits per heavy atom. The second kappa shape index (κ2) is 5.42. The number of aliphatic hydroxyl groups excluding tert-OH is 1. The number of nitrogens with zero attached hydrogens (tertiary/aromatic N) is 3. The van der Waals surface area contributed by atoms with Gasteiger partial charge in [-0.15, -0.1) is 0 Å². The molecule has 0 bridgehead atoms. The first-order valence-corrected chi connectivity index (χ1v) is 6.19. The van der Waals surface area contributed by atoms with Crippen molar-refractivity contribution in [3.63, 3.8) is 0 Å². The third-order valence-corrected chi connectivity index (χ3v) is 3.32. The summed E-state index contributed by atoms with van der Waals surface area (Å²) in [7, 11) is 1.86. The number of aromatic nitrogens is 3. The van der Waals surface area contributed by atoms with Crippen LogP contribution in [0.4, 0.5) is 0 Å². The van der Waals surface area contributed by atoms with E-state index in [4.69, 9.17) is 0 Å². The molecule has 0 aliphatic carbocycles. The van der Waals surface area contributed by atoms with Crippen molar-refractivity contribution < 1.29 is 5.11 Å². The van der Waals surface area contributed by atoms with Crippen LogP contribution < -0.4 is 0 Å². The lowest BCUT2D eigenvalue weighted by atomic mass is 9.96. The lowest BCUT2D eigenvalue weighted by Crippen LogP contribution is -2.11. The zero-order valence-electron chi connectivity index (χ0n) is 9.55. The van der Waals surface area contributed by atoms with Crippen molar-refractivity contribution >= 4 is 15.9 Å². The molecule has 0 saturated carbocycles. The molecule has 0 spiro atoms. The highest BCUT2D eigenvalue weighted by molar-refractivity contribution is 9.10. The zero-order valence-corrected chi connectivity index (χ0v) is 11.1. The number of hydrogen-bond acceptors (Lipinski definition) is 3. The van der Waals surface area contributed by atoms with Gasteiger partial charge in [0.2, 0.25) is 0 Å². The van der Waals surface area contributed by atoms with Crippen molar-refractivity contribution in [2.24, 2.45) is 7.05 Å². The van der Waals surface area contributed by atoms with Gasteiger partial charge in [0.15, 0.2) is 0 Å². The second-order valence-electron chi connectivity index (χ2n) is 3.94. The van der Waals surface area contributed by atoms with Gasteiger partial charge in [-0.05, 0) is 17.7 Å². The molecule has 0 fully saturated rings. The minimum atomic E-state index is 0.0611. The summed E-state index contributed by atoms with van der Waals surface area (Å²) in [6.07, 6.45) is 2.22. The molecule has 2 rings (SSSR count). The number of rotatable bonds is 4. The Morgan fingerprint density at radius 1 is 1.35 bits per heavy atom. The fraction of sp³-hybridized carbons (Fsp3) is 0.333. The third-order valence-electron chi connectivity index (χ3n) is 2.80. The first-order chi connectivity index (χ1) is 8.20. The molecule has 0 radical (unpaired) electrons. The maximum atomic E-state index is 9.47. The van der Waals surface area contributed by atoms with E-state index < -0.39 is 0 Å². The molecule has 1 heterocycles. The van der Waals surface area contributed by atoms with Crippen LogP contribution in [0.25, 0.3) is 0 Å². The largest absolute Gasteiger partial charge is 0.396 e. The molecule has 1 unspecified atom stereocenters. The number of aryl methyl sites for hydroxylation is 1. The molecule has 1 N–H and O–H groups in total. The summed E-state index contributed by atoms with van der Waals surface area (Å²) >= 11 is 3.40. The van der Waals surface area contributed by atoms with E-state index in [1.54, 1.807) is 4.68 Å². The molecule has 0 saturated heterocycles. The summed E-state index contributed by atoms with van der Waals surface area (Å²) < 4.78 is 2.78. The number of halogens is 1. The summed E-state index contributed by atoms with van der Waals surface area (Å²) in [6, 6.07) is 7.99. The Labute approximate surface area is 108 Å². The standard InChI is InChI=1S/C12H14BrN3O/c1-16-12(14-8-15-16)6-10(7-17)9-2-4-11(13)5-3-9/h2-5,8,10,17H,6-7H2,1H3. The Bertz CT molecular complexity index is 481. The lowest BCUT2D eigenvalue weighted by Gasteiger charge is -2.14. The quantitative estimate of drug-likeness (QED) is 0.937. The van der Waals surface area contributed by atoms with Gasteiger partial charge in [-0.3, -0.25) is 4.68 Å². The van der Waals surface area contributed by atoms with Gasteiger partial charge in [0.05, 0.1) is 6.61 Å². The summed E-state index contributed by atoms with van der Waals surface area (Å²) in [4.78, 5) is 4.18. The molecule has 0 aliphatic heterocycles. The van der Waals surface area contributed by atoms with Crippen LogP contribution in [0, 0.1) is 0 Å². The molecule has 1 aromatic carbocycles. The summed E-state index contributed by atoms with van der Waals surface area (Å²) in [5.74, 6) is 0.943. The van der Waals surface area contributed by atoms with E-state index in [1.807, 2.05) is 31.3 Å². The van der Waals surface area contributed by atoms with E-state index in [0.717, 1.165) is 15.9 Å². The Balaban J connectivity index is 2.17. The van der Waals surface area contributed by atoms with E-state index in [2.05, 4.69) is 26.0 Å². The fourth-order valence-electron chi connectivity index (χ4n) is 1.75. The molecule has 90 valence electrons. The summed E-state index contributed by atoms with van der Waals surface area (Å²) in [5, 5.41) is 13.5. The van der Waals surface area contributed by atoms with E-state index >= 15 is 0 Å². The van der Waals surface area contributed by atoms with Crippen LogP contribution in [0.2, 0.25) is 0 Å². The van der Waals surface area contributed by atoms with Crippen molar-refractivity contribution in [1.29, 1.82) is 0 Å². The van der Waals surface area contributed by atoms with Crippen LogP contribution >= 0.6 is 15.9 Å². The number of hydrogen-bond donors (Lipinski definition) is 1. The van der Waals surface area contributed by atoms with E-state index in [1.165, 1.54) is 6.33 Å². The Morgan fingerprint density at radius 2 is 2.06 bits per heavy atom. The third kappa shape index (κ3) is 2.92. The van der Waals surface area contributed by atoms with Crippen molar-refractivity contribution in [2.45, 2.75) is 12.3 Å². The molecule has 1 aromatic heterocycles. The van der Waals surface area contributed by atoms with Gasteiger partial charge in [-0.2, -0.15) is 5.10 Å². The van der Waals surface area contributed by atoms with Crippen LogP contribution in [0.5, 0.6) is 0 Å². The molecule has 0 aliphatic rings. The minimum Gasteiger partial charge on any atom is -0.396 e. The average molecular weight is 296 g/mol. The van der Waals surface area contributed by atoms with Gasteiger partial charge in [-0.25, -0.2) is 4.98 Å². The van der Waals surface area contributed by atoms with Gasteiger partial charge in [0.25, 0.3) is 0 Å². The highest BCUT2D eigenvalue weighted by Gasteiger charge is 2.14. The molecule has 4 nitrogen and oxygen atoms in total. The molecule has 1 atom stereocenters. The molecular formula is C12H14BrN3O. The highest BCUT2D eigenvalue weighted by Crippen LogP contribution is 2.21. The average Bonchev–Trinajstić information content (AvgIpc) is 2.73. The van der Waals surface area contributed by atoms with Gasteiger partial charge in [-0.1, -0.05) is 28.1 Å². The van der Waals surface area contributed by atoms with E-state index in [0.29, 0.717) is 6.42 Å². The van der Waals surface area contributed by atoms with Crippen LogP contribution in [-0.2, 0) is 13.5 Å². The van der Waals surface area contributed by atoms with Crippen molar-refractivity contribution in [1.82, 2.24) is 14.8 Å². The van der Waals surface area contributed by atoms with Crippen molar-refractivity contribution in [3.05, 3.63) is 46.5 Å². The molecule has 2 aromatic rings. The smallest absolute Gasteiger partial charge is 0.138 e. The topological polar surface area (TPSA) is 50.9 Å². The highest BCUT2D eigenvalue weighted by atomic mass is 79.9. The first-order valence-electron chi connectivity index (χ1n) is 5.40. The minimum absolute atomic E-state index is 0.0611. The van der Waals surface area contributed by atoms with Crippen LogP contribution in [-0.4, -0.2) is 26.5 Å². The maximum absolute atomic E-state index is 9.47. The van der Waals surface area contributed by atoms with Gasteiger partial charge in [0.1, 0.15) is 12.2 Å². The van der Waals surface area contributed by atoms with E-state index in [-0.39, 0.29) is 12.5 Å². The fourth-order valence-corrected chi connectivity index (χ4v) is 2.01. The van der Waals surface area contributed by atoms with Crippen molar-refractivity contribution in [2.75, 3.05) is 6.61 Å². The Hall–Kier alpha value is -1.20. The summed E-state index contributed by atoms with van der Waals surface area (Å²) in [6.45, 7) is 0.106. The molecular weight excluding hydrogens is 282 g/mol. The molecule has 0 amide bonds. The molecule has 5 heteroatoms. The predicted molar refractivity (Wildman–Crippen MR) is 68.7 cm³/mol. The maximum Gasteiger partial charge on any atom is 0.138 e. The van der Waals surface area contributed by atoms with Gasteiger partial charge < -0.3 is 5.11 Å². The second-order valence-corrected chi connectivity index (χ2v) is 4.85. The number of aliphatic hydroxyl groups is 1. The SMILES string of the molecule is Cn1ncnc1CC(CO)c1ccc(Br)cc1. The van der Waals surface area contributed by atoms with E-state index in [9.17, 15) is 5.11 Å². The molecule has 17 heavy (non-hydrogen) atoms. The lowest BCUT2D eigenvalue weighted by molar-refractivity contribution is 0.262. The van der Waals surface area contributed by atoms with Gasteiger partial charge in [0, 0.05) is 23.9 Å². The monoisotopic (exact) mass is 295 g/mol. The normalized spacial score (nSPS) is 12.6. The van der Waals surface area contributed by atoms with Crippen molar-refractivity contribution in [3.8, 4) is 0 Å². The summed E-state index contributed by atoms with van der Waals surface area (Å²) in [5.41, 5.74) is 1.11. The van der Waals surface area contributed by atoms with Crippen LogP contribution in [0.15, 0.2) is 35.1 Å². The van der Waals surface area contributed by atoms with Crippen LogP contribution in [0.3, 0.4) is 0 Å². The van der Waals surface area contributed by atoms with Crippen LogP contribution in [0.1, 0.15) is 17.3 Å². The number of benzene rings is 1. The first kappa shape index (κ1) is 12.3.